The monoisotopic (exact) mass is 418 g/mol. The van der Waals surface area contributed by atoms with Gasteiger partial charge in [0, 0.05) is 43.8 Å². The highest BCUT2D eigenvalue weighted by atomic mass is 16.5. The van der Waals surface area contributed by atoms with E-state index in [1.165, 1.54) is 11.3 Å². The van der Waals surface area contributed by atoms with Crippen LogP contribution in [0.5, 0.6) is 5.75 Å². The van der Waals surface area contributed by atoms with E-state index in [2.05, 4.69) is 68.4 Å². The molecule has 1 saturated heterocycles. The Hall–Kier alpha value is -3.35. The van der Waals surface area contributed by atoms with Crippen LogP contribution in [-0.4, -0.2) is 47.2 Å². The number of benzene rings is 1. The molecule has 0 saturated carbocycles. The van der Waals surface area contributed by atoms with Gasteiger partial charge in [-0.05, 0) is 50.5 Å². The van der Waals surface area contributed by atoms with Crippen molar-refractivity contribution in [3.8, 4) is 5.75 Å². The maximum Gasteiger partial charge on any atom is 0.225 e. The summed E-state index contributed by atoms with van der Waals surface area (Å²) in [5, 5.41) is 3.56. The molecule has 0 spiro atoms. The zero-order chi connectivity index (χ0) is 21.2. The zero-order valence-corrected chi connectivity index (χ0v) is 18.1. The largest absolute Gasteiger partial charge is 0.486 e. The molecule has 2 aromatic heterocycles. The number of rotatable bonds is 4. The molecule has 2 aliphatic heterocycles. The molecular formula is C24H30N6O. The summed E-state index contributed by atoms with van der Waals surface area (Å²) in [5.74, 6) is 2.24. The number of hydrogen-bond donors (Lipinski definition) is 1. The molecule has 1 N–H and O–H groups in total. The Morgan fingerprint density at radius 2 is 1.90 bits per heavy atom. The number of nitrogens with one attached hydrogen (secondary N) is 1. The van der Waals surface area contributed by atoms with Crippen molar-refractivity contribution >= 4 is 23.1 Å². The van der Waals surface area contributed by atoms with Crippen molar-refractivity contribution in [2.24, 2.45) is 0 Å². The number of piperidine rings is 1. The summed E-state index contributed by atoms with van der Waals surface area (Å²) in [6.45, 7) is 7.58. The molecule has 0 aliphatic carbocycles. The van der Waals surface area contributed by atoms with Gasteiger partial charge in [-0.1, -0.05) is 18.2 Å². The Kier molecular flexibility index (Phi) is 5.32. The number of nitrogens with zero attached hydrogens (tertiary/aromatic N) is 5. The summed E-state index contributed by atoms with van der Waals surface area (Å²) in [6.07, 6.45) is 5.77. The number of aromatic nitrogens is 3. The van der Waals surface area contributed by atoms with Crippen LogP contribution in [0, 0.1) is 13.8 Å². The van der Waals surface area contributed by atoms with Gasteiger partial charge in [0.1, 0.15) is 6.61 Å². The van der Waals surface area contributed by atoms with E-state index in [0.29, 0.717) is 18.6 Å². The lowest BCUT2D eigenvalue weighted by Crippen LogP contribution is -2.39. The van der Waals surface area contributed by atoms with Crippen LogP contribution in [0.15, 0.2) is 48.8 Å². The summed E-state index contributed by atoms with van der Waals surface area (Å²) >= 11 is 0. The first-order valence-electron chi connectivity index (χ1n) is 10.9. The molecule has 0 atom stereocenters. The third kappa shape index (κ3) is 4.13. The van der Waals surface area contributed by atoms with Crippen LogP contribution < -0.4 is 19.9 Å². The standard InChI is InChI=1S/C24H28N6O.H2/c1-17-5-3-4-6-21(17)30-13-14-31-22-16-26-24(28-23(22)30)27-19-8-11-29(12-9-19)20-7-10-25-18(2)15-20;/h3-7,10,15-16,19H,8-9,11-14H2,1-2H3,(H,26,27,28);1H. The van der Waals surface area contributed by atoms with Crippen LogP contribution in [0.2, 0.25) is 0 Å². The number of para-hydroxylation sites is 1. The molecule has 3 aromatic rings. The van der Waals surface area contributed by atoms with Crippen molar-refractivity contribution in [2.45, 2.75) is 32.7 Å². The van der Waals surface area contributed by atoms with Gasteiger partial charge in [-0.15, -0.1) is 0 Å². The van der Waals surface area contributed by atoms with E-state index in [0.717, 1.165) is 55.4 Å². The van der Waals surface area contributed by atoms with Crippen LogP contribution in [0.4, 0.5) is 23.1 Å². The van der Waals surface area contributed by atoms with Gasteiger partial charge in [0.05, 0.1) is 12.7 Å². The van der Waals surface area contributed by atoms with Gasteiger partial charge in [-0.3, -0.25) is 4.98 Å². The average Bonchev–Trinajstić information content (AvgIpc) is 2.80. The number of aryl methyl sites for hydroxylation is 2. The quantitative estimate of drug-likeness (QED) is 0.676. The van der Waals surface area contributed by atoms with Crippen LogP contribution in [0.25, 0.3) is 0 Å². The van der Waals surface area contributed by atoms with E-state index in [4.69, 9.17) is 9.72 Å². The number of anilines is 4. The van der Waals surface area contributed by atoms with Crippen molar-refractivity contribution in [3.05, 3.63) is 60.0 Å². The molecule has 0 amide bonds. The molecular weight excluding hydrogens is 388 g/mol. The maximum absolute atomic E-state index is 5.83. The van der Waals surface area contributed by atoms with Crippen molar-refractivity contribution in [1.29, 1.82) is 0 Å². The maximum atomic E-state index is 5.83. The van der Waals surface area contributed by atoms with Crippen molar-refractivity contribution in [1.82, 2.24) is 15.0 Å². The van der Waals surface area contributed by atoms with Crippen molar-refractivity contribution in [3.63, 3.8) is 0 Å². The summed E-state index contributed by atoms with van der Waals surface area (Å²) in [6, 6.07) is 13.0. The number of hydrogen-bond acceptors (Lipinski definition) is 7. The van der Waals surface area contributed by atoms with Gasteiger partial charge in [-0.2, -0.15) is 4.98 Å². The predicted molar refractivity (Wildman–Crippen MR) is 126 cm³/mol. The lowest BCUT2D eigenvalue weighted by molar-refractivity contribution is 0.310. The Bertz CT molecular complexity index is 1070. The average molecular weight is 419 g/mol. The fraction of sp³-hybridized carbons (Fsp3) is 0.375. The molecule has 0 unspecified atom stereocenters. The first-order chi connectivity index (χ1) is 15.2. The minimum absolute atomic E-state index is 0. The lowest BCUT2D eigenvalue weighted by Gasteiger charge is -2.34. The van der Waals surface area contributed by atoms with Crippen LogP contribution in [0.3, 0.4) is 0 Å². The molecule has 2 aliphatic rings. The first-order valence-corrected chi connectivity index (χ1v) is 10.9. The van der Waals surface area contributed by atoms with Gasteiger partial charge in [0.2, 0.25) is 5.95 Å². The Labute approximate surface area is 184 Å². The van der Waals surface area contributed by atoms with Gasteiger partial charge < -0.3 is 19.9 Å². The Morgan fingerprint density at radius 1 is 1.06 bits per heavy atom. The predicted octanol–water partition coefficient (Wildman–Crippen LogP) is 4.35. The second-order valence-corrected chi connectivity index (χ2v) is 8.23. The third-order valence-corrected chi connectivity index (χ3v) is 6.04. The highest BCUT2D eigenvalue weighted by molar-refractivity contribution is 5.69. The van der Waals surface area contributed by atoms with Crippen LogP contribution >= 0.6 is 0 Å². The first kappa shape index (κ1) is 19.6. The molecule has 7 nitrogen and oxygen atoms in total. The van der Waals surface area contributed by atoms with Crippen LogP contribution in [0.1, 0.15) is 25.5 Å². The molecule has 1 aromatic carbocycles. The lowest BCUT2D eigenvalue weighted by atomic mass is 10.0. The number of fused-ring (bicyclic) bond motifs is 1. The molecule has 7 heteroatoms. The van der Waals surface area contributed by atoms with Crippen molar-refractivity contribution < 1.29 is 6.16 Å². The van der Waals surface area contributed by atoms with E-state index in [1.807, 2.05) is 13.1 Å². The van der Waals surface area contributed by atoms with E-state index in [1.54, 1.807) is 6.20 Å². The highest BCUT2D eigenvalue weighted by Gasteiger charge is 2.25. The SMILES string of the molecule is Cc1cc(N2CCC(Nc3ncc4c(n3)N(c3ccccc3C)CCO4)CC2)ccn1.[HH]. The van der Waals surface area contributed by atoms with E-state index in [9.17, 15) is 0 Å². The molecule has 4 heterocycles. The van der Waals surface area contributed by atoms with Crippen LogP contribution in [-0.2, 0) is 0 Å². The molecule has 1 fully saturated rings. The minimum Gasteiger partial charge on any atom is -0.486 e. The van der Waals surface area contributed by atoms with E-state index in [-0.39, 0.29) is 1.43 Å². The molecule has 5 rings (SSSR count). The van der Waals surface area contributed by atoms with Gasteiger partial charge >= 0.3 is 0 Å². The number of pyridine rings is 1. The normalized spacial score (nSPS) is 16.6. The summed E-state index contributed by atoms with van der Waals surface area (Å²) < 4.78 is 5.83. The highest BCUT2D eigenvalue weighted by Crippen LogP contribution is 2.36. The molecule has 0 bridgehead atoms. The smallest absolute Gasteiger partial charge is 0.225 e. The van der Waals surface area contributed by atoms with E-state index < -0.39 is 0 Å². The molecule has 0 radical (unpaired) electrons. The molecule has 162 valence electrons. The van der Waals surface area contributed by atoms with Crippen molar-refractivity contribution in [2.75, 3.05) is 41.4 Å². The number of ether oxygens (including phenoxy) is 1. The second-order valence-electron chi connectivity index (χ2n) is 8.23. The van der Waals surface area contributed by atoms with Gasteiger partial charge in [0.15, 0.2) is 11.6 Å². The zero-order valence-electron chi connectivity index (χ0n) is 18.1. The minimum atomic E-state index is 0. The van der Waals surface area contributed by atoms with E-state index >= 15 is 0 Å². The fourth-order valence-electron chi connectivity index (χ4n) is 4.37. The van der Waals surface area contributed by atoms with Gasteiger partial charge in [0.25, 0.3) is 0 Å². The molecule has 31 heavy (non-hydrogen) atoms. The Morgan fingerprint density at radius 3 is 2.71 bits per heavy atom. The summed E-state index contributed by atoms with van der Waals surface area (Å²) in [5.41, 5.74) is 4.70. The second kappa shape index (κ2) is 8.41. The Balaban J connectivity index is 0.00000245. The fourth-order valence-corrected chi connectivity index (χ4v) is 4.37. The topological polar surface area (TPSA) is 66.4 Å². The third-order valence-electron chi connectivity index (χ3n) is 6.04. The summed E-state index contributed by atoms with van der Waals surface area (Å²) in [4.78, 5) is 18.3. The summed E-state index contributed by atoms with van der Waals surface area (Å²) in [7, 11) is 0. The van der Waals surface area contributed by atoms with Gasteiger partial charge in [-0.25, -0.2) is 4.98 Å².